The van der Waals surface area contributed by atoms with Gasteiger partial charge in [0.2, 0.25) is 0 Å². The number of aryl methyl sites for hydroxylation is 1. The Hall–Kier alpha value is -3.52. The summed E-state index contributed by atoms with van der Waals surface area (Å²) in [6.45, 7) is 1.73. The molecule has 1 fully saturated rings. The van der Waals surface area contributed by atoms with E-state index in [0.717, 1.165) is 36.8 Å². The van der Waals surface area contributed by atoms with E-state index in [-0.39, 0.29) is 11.8 Å². The SMILES string of the molecule is Cc1cc(OCC(C2CCCCC2)C2(c3ccc(Cl)cc3)Nc3cc(F)c(F)cc3N2)ccc1OCC(=O)O. The second-order valence-electron chi connectivity index (χ2n) is 10.3. The summed E-state index contributed by atoms with van der Waals surface area (Å²) in [5.74, 6) is -1.63. The molecule has 0 aromatic heterocycles. The van der Waals surface area contributed by atoms with Crippen LogP contribution < -0.4 is 20.1 Å². The molecule has 3 N–H and O–H groups in total. The lowest BCUT2D eigenvalue weighted by Gasteiger charge is -2.44. The molecule has 0 bridgehead atoms. The Bertz CT molecular complexity index is 1310. The van der Waals surface area contributed by atoms with E-state index in [0.29, 0.717) is 34.5 Å². The number of rotatable bonds is 9. The van der Waals surface area contributed by atoms with E-state index in [1.807, 2.05) is 37.3 Å². The zero-order valence-corrected chi connectivity index (χ0v) is 22.4. The van der Waals surface area contributed by atoms with Gasteiger partial charge >= 0.3 is 5.97 Å². The van der Waals surface area contributed by atoms with Gasteiger partial charge in [-0.15, -0.1) is 0 Å². The molecule has 1 atom stereocenters. The summed E-state index contributed by atoms with van der Waals surface area (Å²) in [4.78, 5) is 10.9. The molecule has 3 aromatic carbocycles. The molecule has 9 heteroatoms. The van der Waals surface area contributed by atoms with Crippen molar-refractivity contribution >= 4 is 28.9 Å². The largest absolute Gasteiger partial charge is 0.493 e. The second-order valence-corrected chi connectivity index (χ2v) is 10.7. The number of aliphatic carboxylic acids is 1. The molecule has 0 saturated heterocycles. The summed E-state index contributed by atoms with van der Waals surface area (Å²) in [6.07, 6.45) is 5.39. The van der Waals surface area contributed by atoms with Crippen molar-refractivity contribution in [3.8, 4) is 11.5 Å². The zero-order chi connectivity index (χ0) is 27.6. The Morgan fingerprint density at radius 3 is 2.23 bits per heavy atom. The minimum Gasteiger partial charge on any atom is -0.493 e. The van der Waals surface area contributed by atoms with E-state index in [4.69, 9.17) is 26.2 Å². The third kappa shape index (κ3) is 5.76. The Balaban J connectivity index is 1.49. The average Bonchev–Trinajstić information content (AvgIpc) is 3.28. The third-order valence-electron chi connectivity index (χ3n) is 7.73. The van der Waals surface area contributed by atoms with Gasteiger partial charge in [0.15, 0.2) is 18.2 Å². The third-order valence-corrected chi connectivity index (χ3v) is 7.98. The summed E-state index contributed by atoms with van der Waals surface area (Å²) in [6, 6.07) is 15.1. The maximum absolute atomic E-state index is 14.2. The molecule has 3 aromatic rings. The molecule has 1 unspecified atom stereocenters. The van der Waals surface area contributed by atoms with Gasteiger partial charge in [0.05, 0.1) is 18.0 Å². The number of benzene rings is 3. The molecule has 39 heavy (non-hydrogen) atoms. The molecule has 0 radical (unpaired) electrons. The van der Waals surface area contributed by atoms with Gasteiger partial charge in [0, 0.05) is 23.1 Å². The number of hydrogen-bond donors (Lipinski definition) is 3. The summed E-state index contributed by atoms with van der Waals surface area (Å²) < 4.78 is 40.2. The van der Waals surface area contributed by atoms with Crippen LogP contribution in [-0.2, 0) is 10.5 Å². The predicted molar refractivity (Wildman–Crippen MR) is 147 cm³/mol. The minimum absolute atomic E-state index is 0.124. The summed E-state index contributed by atoms with van der Waals surface area (Å²) >= 11 is 6.22. The first-order valence-corrected chi connectivity index (χ1v) is 13.5. The summed E-state index contributed by atoms with van der Waals surface area (Å²) in [5, 5.41) is 16.5. The Morgan fingerprint density at radius 2 is 1.64 bits per heavy atom. The van der Waals surface area contributed by atoms with E-state index in [2.05, 4.69) is 10.6 Å². The molecule has 1 heterocycles. The molecule has 1 aliphatic heterocycles. The molecular weight excluding hydrogens is 526 g/mol. The highest BCUT2D eigenvalue weighted by atomic mass is 35.5. The molecule has 0 amide bonds. The lowest BCUT2D eigenvalue weighted by Crippen LogP contribution is -2.51. The molecule has 206 valence electrons. The number of carboxylic acids is 1. The van der Waals surface area contributed by atoms with E-state index in [9.17, 15) is 13.6 Å². The zero-order valence-electron chi connectivity index (χ0n) is 21.6. The molecule has 1 aliphatic carbocycles. The minimum atomic E-state index is -1.05. The topological polar surface area (TPSA) is 79.8 Å². The quantitative estimate of drug-likeness (QED) is 0.255. The van der Waals surface area contributed by atoms with Crippen LogP contribution in [0.25, 0.3) is 0 Å². The van der Waals surface area contributed by atoms with Crippen LogP contribution in [-0.4, -0.2) is 24.3 Å². The van der Waals surface area contributed by atoms with Gasteiger partial charge in [-0.3, -0.25) is 0 Å². The average molecular weight is 557 g/mol. The normalized spacial score (nSPS) is 17.0. The number of ether oxygens (including phenoxy) is 2. The van der Waals surface area contributed by atoms with Gasteiger partial charge in [-0.1, -0.05) is 43.0 Å². The van der Waals surface area contributed by atoms with Gasteiger partial charge in [0.25, 0.3) is 0 Å². The maximum Gasteiger partial charge on any atom is 0.341 e. The van der Waals surface area contributed by atoms with E-state index < -0.39 is 29.9 Å². The van der Waals surface area contributed by atoms with Crippen molar-refractivity contribution in [1.29, 1.82) is 0 Å². The number of carboxylic acid groups (broad SMARTS) is 1. The van der Waals surface area contributed by atoms with Gasteiger partial charge in [0.1, 0.15) is 17.2 Å². The summed E-state index contributed by atoms with van der Waals surface area (Å²) in [7, 11) is 0. The fourth-order valence-electron chi connectivity index (χ4n) is 5.82. The van der Waals surface area contributed by atoms with Crippen LogP contribution in [0.2, 0.25) is 5.02 Å². The number of carbonyl (C=O) groups is 1. The van der Waals surface area contributed by atoms with Crippen LogP contribution in [0, 0.1) is 30.4 Å². The Kier molecular flexibility index (Phi) is 7.84. The van der Waals surface area contributed by atoms with Crippen molar-refractivity contribution in [1.82, 2.24) is 0 Å². The highest BCUT2D eigenvalue weighted by Gasteiger charge is 2.49. The van der Waals surface area contributed by atoms with E-state index >= 15 is 0 Å². The highest BCUT2D eigenvalue weighted by molar-refractivity contribution is 6.30. The number of anilines is 2. The molecule has 0 spiro atoms. The first-order chi connectivity index (χ1) is 18.7. The van der Waals surface area contributed by atoms with Gasteiger partial charge in [-0.05, 0) is 67.1 Å². The second kappa shape index (κ2) is 11.3. The Morgan fingerprint density at radius 1 is 1.00 bits per heavy atom. The molecule has 6 nitrogen and oxygen atoms in total. The maximum atomic E-state index is 14.2. The van der Waals surface area contributed by atoms with Crippen LogP contribution in [0.3, 0.4) is 0 Å². The van der Waals surface area contributed by atoms with Crippen LogP contribution >= 0.6 is 11.6 Å². The number of nitrogens with one attached hydrogen (secondary N) is 2. The van der Waals surface area contributed by atoms with Crippen LogP contribution in [0.4, 0.5) is 20.2 Å². The van der Waals surface area contributed by atoms with E-state index in [1.54, 1.807) is 12.1 Å². The predicted octanol–water partition coefficient (Wildman–Crippen LogP) is 7.36. The van der Waals surface area contributed by atoms with Crippen molar-refractivity contribution in [3.63, 3.8) is 0 Å². The first kappa shape index (κ1) is 27.1. The molecule has 1 saturated carbocycles. The number of halogens is 3. The van der Waals surface area contributed by atoms with Crippen molar-refractivity contribution < 1.29 is 28.2 Å². The van der Waals surface area contributed by atoms with E-state index in [1.165, 1.54) is 18.6 Å². The van der Waals surface area contributed by atoms with Crippen molar-refractivity contribution in [2.24, 2.45) is 11.8 Å². The van der Waals surface area contributed by atoms with Gasteiger partial charge in [-0.2, -0.15) is 0 Å². The lowest BCUT2D eigenvalue weighted by atomic mass is 9.72. The van der Waals surface area contributed by atoms with Crippen LogP contribution in [0.1, 0.15) is 43.2 Å². The fourth-order valence-corrected chi connectivity index (χ4v) is 5.94. The highest BCUT2D eigenvalue weighted by Crippen LogP contribution is 2.49. The smallest absolute Gasteiger partial charge is 0.341 e. The van der Waals surface area contributed by atoms with Gasteiger partial charge in [-0.25, -0.2) is 13.6 Å². The molecule has 5 rings (SSSR count). The number of fused-ring (bicyclic) bond motifs is 1. The van der Waals surface area contributed by atoms with Crippen LogP contribution in [0.5, 0.6) is 11.5 Å². The van der Waals surface area contributed by atoms with Gasteiger partial charge < -0.3 is 25.2 Å². The fraction of sp³-hybridized carbons (Fsp3) is 0.367. The lowest BCUT2D eigenvalue weighted by molar-refractivity contribution is -0.139. The number of hydrogen-bond acceptors (Lipinski definition) is 5. The van der Waals surface area contributed by atoms with Crippen LogP contribution in [0.15, 0.2) is 54.6 Å². The van der Waals surface area contributed by atoms with Crippen molar-refractivity contribution in [2.45, 2.75) is 44.7 Å². The summed E-state index contributed by atoms with van der Waals surface area (Å²) in [5.41, 5.74) is 1.72. The van der Waals surface area contributed by atoms with Crippen molar-refractivity contribution in [2.75, 3.05) is 23.8 Å². The molecule has 2 aliphatic rings. The van der Waals surface area contributed by atoms with Crippen molar-refractivity contribution in [3.05, 3.63) is 82.4 Å². The monoisotopic (exact) mass is 556 g/mol. The standard InChI is InChI=1S/C30H31ClF2N2O4/c1-18-13-22(11-12-28(18)39-17-29(36)37)38-16-23(19-5-3-2-4-6-19)30(20-7-9-21(31)10-8-20)34-26-14-24(32)25(33)15-27(26)35-30/h7-15,19,23,34-35H,2-6,16-17H2,1H3,(H,36,37). The molecular formula is C30H31ClF2N2O4. The first-order valence-electron chi connectivity index (χ1n) is 13.1. The Labute approximate surface area is 231 Å².